The van der Waals surface area contributed by atoms with E-state index in [0.717, 1.165) is 55.4 Å². The van der Waals surface area contributed by atoms with Crippen molar-refractivity contribution in [3.63, 3.8) is 0 Å². The third-order valence-electron chi connectivity index (χ3n) is 5.89. The number of amides is 1. The zero-order chi connectivity index (χ0) is 19.1. The fourth-order valence-electron chi connectivity index (χ4n) is 4.61. The smallest absolute Gasteiger partial charge is 0.227 e. The Morgan fingerprint density at radius 1 is 1.30 bits per heavy atom. The van der Waals surface area contributed by atoms with Crippen LogP contribution in [0.25, 0.3) is 10.9 Å². The molecule has 146 valence electrons. The molecule has 2 fully saturated rings. The minimum Gasteiger partial charge on any atom is -0.373 e. The van der Waals surface area contributed by atoms with Crippen molar-refractivity contribution in [2.45, 2.75) is 63.6 Å². The zero-order valence-corrected chi connectivity index (χ0v) is 16.7. The molecule has 1 unspecified atom stereocenters. The van der Waals surface area contributed by atoms with E-state index in [1.807, 2.05) is 29.3 Å². The van der Waals surface area contributed by atoms with Gasteiger partial charge in [-0.25, -0.2) is 0 Å². The molecule has 1 amide bonds. The van der Waals surface area contributed by atoms with Crippen molar-refractivity contribution in [1.29, 1.82) is 0 Å². The van der Waals surface area contributed by atoms with E-state index in [0.29, 0.717) is 12.5 Å². The molecule has 2 aliphatic heterocycles. The summed E-state index contributed by atoms with van der Waals surface area (Å²) < 4.78 is 6.23. The number of aromatic nitrogens is 1. The van der Waals surface area contributed by atoms with E-state index >= 15 is 0 Å². The van der Waals surface area contributed by atoms with Crippen molar-refractivity contribution in [2.75, 3.05) is 19.7 Å². The standard InChI is InChI=1S/C22H31N3O2/c1-21(2,3)24-17-13-22(27-15-17)8-10-25(11-9-22)20(26)12-16-14-23-19-7-5-4-6-18(16)19/h4-7,14,17,23-24H,8-13,15H2,1-3H3. The van der Waals surface area contributed by atoms with Crippen LogP contribution in [-0.2, 0) is 16.0 Å². The number of likely N-dealkylation sites (tertiary alicyclic amines) is 1. The van der Waals surface area contributed by atoms with Crippen LogP contribution < -0.4 is 5.32 Å². The van der Waals surface area contributed by atoms with Crippen LogP contribution in [0.4, 0.5) is 0 Å². The molecular formula is C22H31N3O2. The van der Waals surface area contributed by atoms with Crippen molar-refractivity contribution in [3.05, 3.63) is 36.0 Å². The summed E-state index contributed by atoms with van der Waals surface area (Å²) in [4.78, 5) is 18.1. The lowest BCUT2D eigenvalue weighted by molar-refractivity contribution is -0.135. The molecule has 1 atom stereocenters. The first-order chi connectivity index (χ1) is 12.8. The molecule has 0 saturated carbocycles. The Morgan fingerprint density at radius 2 is 2.04 bits per heavy atom. The fraction of sp³-hybridized carbons (Fsp3) is 0.591. The molecule has 2 saturated heterocycles. The maximum absolute atomic E-state index is 12.8. The van der Waals surface area contributed by atoms with E-state index in [9.17, 15) is 4.79 Å². The van der Waals surface area contributed by atoms with Crippen LogP contribution in [0.1, 0.15) is 45.6 Å². The molecule has 4 rings (SSSR count). The summed E-state index contributed by atoms with van der Waals surface area (Å²) >= 11 is 0. The molecule has 5 nitrogen and oxygen atoms in total. The normalized spacial score (nSPS) is 22.6. The Hall–Kier alpha value is -1.85. The van der Waals surface area contributed by atoms with Crippen molar-refractivity contribution in [3.8, 4) is 0 Å². The Balaban J connectivity index is 1.33. The van der Waals surface area contributed by atoms with Crippen LogP contribution in [0, 0.1) is 0 Å². The molecule has 5 heteroatoms. The van der Waals surface area contributed by atoms with Gasteiger partial charge in [0.05, 0.1) is 18.6 Å². The number of carbonyl (C=O) groups is 1. The summed E-state index contributed by atoms with van der Waals surface area (Å²) in [5.41, 5.74) is 2.24. The third kappa shape index (κ3) is 4.04. The van der Waals surface area contributed by atoms with Gasteiger partial charge in [-0.15, -0.1) is 0 Å². The lowest BCUT2D eigenvalue weighted by Crippen LogP contribution is -2.48. The Labute approximate surface area is 161 Å². The first kappa shape index (κ1) is 18.5. The predicted octanol–water partition coefficient (Wildman–Crippen LogP) is 3.25. The van der Waals surface area contributed by atoms with Gasteiger partial charge in [0.15, 0.2) is 0 Å². The van der Waals surface area contributed by atoms with Crippen molar-refractivity contribution in [2.24, 2.45) is 0 Å². The van der Waals surface area contributed by atoms with Crippen LogP contribution in [0.3, 0.4) is 0 Å². The van der Waals surface area contributed by atoms with Gasteiger partial charge in [-0.1, -0.05) is 18.2 Å². The number of para-hydroxylation sites is 1. The quantitative estimate of drug-likeness (QED) is 0.873. The van der Waals surface area contributed by atoms with Gasteiger partial charge in [-0.2, -0.15) is 0 Å². The number of rotatable bonds is 3. The van der Waals surface area contributed by atoms with Gasteiger partial charge in [0.2, 0.25) is 5.91 Å². The molecule has 0 radical (unpaired) electrons. The van der Waals surface area contributed by atoms with Gasteiger partial charge in [0, 0.05) is 41.8 Å². The lowest BCUT2D eigenvalue weighted by Gasteiger charge is -2.39. The average Bonchev–Trinajstić information content (AvgIpc) is 3.19. The van der Waals surface area contributed by atoms with Gasteiger partial charge < -0.3 is 19.9 Å². The molecule has 2 N–H and O–H groups in total. The number of aromatic amines is 1. The molecule has 1 aromatic carbocycles. The second-order valence-electron chi connectivity index (χ2n) is 9.21. The van der Waals surface area contributed by atoms with Crippen LogP contribution in [-0.4, -0.2) is 52.7 Å². The first-order valence-corrected chi connectivity index (χ1v) is 10.1. The Bertz CT molecular complexity index is 812. The molecule has 2 aromatic rings. The van der Waals surface area contributed by atoms with Gasteiger partial charge in [-0.05, 0) is 51.7 Å². The number of hydrogen-bond acceptors (Lipinski definition) is 3. The highest BCUT2D eigenvalue weighted by atomic mass is 16.5. The highest BCUT2D eigenvalue weighted by Gasteiger charge is 2.44. The molecule has 2 aliphatic rings. The van der Waals surface area contributed by atoms with Gasteiger partial charge in [-0.3, -0.25) is 4.79 Å². The van der Waals surface area contributed by atoms with Gasteiger partial charge >= 0.3 is 0 Å². The summed E-state index contributed by atoms with van der Waals surface area (Å²) in [5.74, 6) is 0.219. The van der Waals surface area contributed by atoms with E-state index in [-0.39, 0.29) is 17.0 Å². The highest BCUT2D eigenvalue weighted by molar-refractivity contribution is 5.88. The minimum atomic E-state index is -0.0412. The van der Waals surface area contributed by atoms with Gasteiger partial charge in [0.25, 0.3) is 0 Å². The molecule has 0 bridgehead atoms. The molecule has 27 heavy (non-hydrogen) atoms. The monoisotopic (exact) mass is 369 g/mol. The van der Waals surface area contributed by atoms with Crippen LogP contribution in [0.2, 0.25) is 0 Å². The molecule has 1 aromatic heterocycles. The predicted molar refractivity (Wildman–Crippen MR) is 108 cm³/mol. The Morgan fingerprint density at radius 3 is 2.78 bits per heavy atom. The van der Waals surface area contributed by atoms with E-state index in [1.165, 1.54) is 0 Å². The van der Waals surface area contributed by atoms with E-state index in [1.54, 1.807) is 0 Å². The fourth-order valence-corrected chi connectivity index (χ4v) is 4.61. The molecular weight excluding hydrogens is 338 g/mol. The van der Waals surface area contributed by atoms with Crippen LogP contribution >= 0.6 is 0 Å². The summed E-state index contributed by atoms with van der Waals surface area (Å²) in [7, 11) is 0. The SMILES string of the molecule is CC(C)(C)NC1COC2(CCN(C(=O)Cc3c[nH]c4ccccc34)CC2)C1. The lowest BCUT2D eigenvalue weighted by atomic mass is 9.86. The van der Waals surface area contributed by atoms with E-state index in [2.05, 4.69) is 37.1 Å². The van der Waals surface area contributed by atoms with Crippen molar-refractivity contribution < 1.29 is 9.53 Å². The average molecular weight is 370 g/mol. The number of benzene rings is 1. The molecule has 3 heterocycles. The zero-order valence-electron chi connectivity index (χ0n) is 16.7. The summed E-state index contributed by atoms with van der Waals surface area (Å²) in [5, 5.41) is 4.81. The van der Waals surface area contributed by atoms with Crippen molar-refractivity contribution in [1.82, 2.24) is 15.2 Å². The summed E-state index contributed by atoms with van der Waals surface area (Å²) in [6.07, 6.45) is 5.36. The number of carbonyl (C=O) groups excluding carboxylic acids is 1. The number of H-pyrrole nitrogens is 1. The number of hydrogen-bond donors (Lipinski definition) is 2. The van der Waals surface area contributed by atoms with E-state index < -0.39 is 0 Å². The first-order valence-electron chi connectivity index (χ1n) is 10.1. The Kier molecular flexibility index (Phi) is 4.77. The summed E-state index contributed by atoms with van der Waals surface area (Å²) in [6, 6.07) is 8.58. The maximum Gasteiger partial charge on any atom is 0.227 e. The van der Waals surface area contributed by atoms with Crippen molar-refractivity contribution >= 4 is 16.8 Å². The maximum atomic E-state index is 12.8. The third-order valence-corrected chi connectivity index (χ3v) is 5.89. The molecule has 1 spiro atoms. The highest BCUT2D eigenvalue weighted by Crippen LogP contribution is 2.36. The summed E-state index contributed by atoms with van der Waals surface area (Å²) in [6.45, 7) is 8.96. The van der Waals surface area contributed by atoms with E-state index in [4.69, 9.17) is 4.74 Å². The number of piperidine rings is 1. The second-order valence-corrected chi connectivity index (χ2v) is 9.21. The molecule has 0 aliphatic carbocycles. The van der Waals surface area contributed by atoms with Crippen LogP contribution in [0.5, 0.6) is 0 Å². The largest absolute Gasteiger partial charge is 0.373 e. The second kappa shape index (κ2) is 6.95. The number of nitrogens with zero attached hydrogens (tertiary/aromatic N) is 1. The topological polar surface area (TPSA) is 57.4 Å². The number of ether oxygens (including phenoxy) is 1. The number of nitrogens with one attached hydrogen (secondary N) is 2. The van der Waals surface area contributed by atoms with Crippen LogP contribution in [0.15, 0.2) is 30.5 Å². The number of fused-ring (bicyclic) bond motifs is 1. The minimum absolute atomic E-state index is 0.0412. The van der Waals surface area contributed by atoms with Gasteiger partial charge in [0.1, 0.15) is 0 Å².